The number of hydrogen-bond donors (Lipinski definition) is 0. The summed E-state index contributed by atoms with van der Waals surface area (Å²) in [6.45, 7) is 6.48. The molecule has 0 aliphatic carbocycles. The van der Waals surface area contributed by atoms with Crippen molar-refractivity contribution in [3.8, 4) is 0 Å². The Bertz CT molecular complexity index is 874. The predicted molar refractivity (Wildman–Crippen MR) is 98.5 cm³/mol. The Labute approximate surface area is 165 Å². The molecule has 0 saturated carbocycles. The molecule has 0 amide bonds. The van der Waals surface area contributed by atoms with Crippen LogP contribution in [0.25, 0.3) is 0 Å². The number of ketones is 1. The van der Waals surface area contributed by atoms with E-state index in [1.807, 2.05) is 20.8 Å². The van der Waals surface area contributed by atoms with Gasteiger partial charge in [0, 0.05) is 24.2 Å². The summed E-state index contributed by atoms with van der Waals surface area (Å²) in [5, 5.41) is 3.89. The molecule has 0 aromatic carbocycles. The zero-order chi connectivity index (χ0) is 20.7. The summed E-state index contributed by atoms with van der Waals surface area (Å²) in [6.07, 6.45) is -2.42. The first-order chi connectivity index (χ1) is 13.0. The first-order valence-electron chi connectivity index (χ1n) is 8.95. The second-order valence-corrected chi connectivity index (χ2v) is 8.36. The Hall–Kier alpha value is -2.09. The van der Waals surface area contributed by atoms with E-state index >= 15 is 0 Å². The molecule has 0 N–H and O–H groups in total. The predicted octanol–water partition coefficient (Wildman–Crippen LogP) is 4.82. The standard InChI is InChI=1S/C19H21ClF3N3O2/c1-18(2,3)16-9-12(28-25-16)8-15(27)14-5-4-6-26(14)17-13(20)7-11(10-24-17)19(21,22)23/h7,9-10,14H,4-6,8H2,1-3H3/t14-/m0/s1. The molecule has 1 saturated heterocycles. The van der Waals surface area contributed by atoms with Crippen molar-refractivity contribution in [3.63, 3.8) is 0 Å². The first-order valence-corrected chi connectivity index (χ1v) is 9.33. The van der Waals surface area contributed by atoms with Crippen molar-refractivity contribution in [1.29, 1.82) is 0 Å². The number of halogens is 4. The molecule has 28 heavy (non-hydrogen) atoms. The number of anilines is 1. The molecule has 0 bridgehead atoms. The molecule has 0 unspecified atom stereocenters. The van der Waals surface area contributed by atoms with Gasteiger partial charge in [0.15, 0.2) is 5.78 Å². The zero-order valence-corrected chi connectivity index (χ0v) is 16.6. The Morgan fingerprint density at radius 2 is 2.04 bits per heavy atom. The van der Waals surface area contributed by atoms with Crippen LogP contribution in [0.2, 0.25) is 5.02 Å². The molecular formula is C19H21ClF3N3O2. The molecule has 0 radical (unpaired) electrons. The van der Waals surface area contributed by atoms with Crippen LogP contribution in [-0.2, 0) is 22.8 Å². The minimum absolute atomic E-state index is 0.0580. The molecule has 1 aliphatic rings. The number of rotatable bonds is 4. The molecular weight excluding hydrogens is 395 g/mol. The van der Waals surface area contributed by atoms with Crippen LogP contribution < -0.4 is 4.90 Å². The SMILES string of the molecule is CC(C)(C)c1cc(CC(=O)[C@@H]2CCCN2c2ncc(C(F)(F)F)cc2Cl)on1. The third-order valence-corrected chi connectivity index (χ3v) is 5.00. The van der Waals surface area contributed by atoms with Gasteiger partial charge in [0.2, 0.25) is 0 Å². The van der Waals surface area contributed by atoms with Crippen molar-refractivity contribution in [2.75, 3.05) is 11.4 Å². The van der Waals surface area contributed by atoms with Gasteiger partial charge >= 0.3 is 6.18 Å². The normalized spacial score (nSPS) is 18.0. The molecule has 1 aliphatic heterocycles. The zero-order valence-electron chi connectivity index (χ0n) is 15.8. The molecule has 3 heterocycles. The highest BCUT2D eigenvalue weighted by Crippen LogP contribution is 2.36. The average molecular weight is 416 g/mol. The summed E-state index contributed by atoms with van der Waals surface area (Å²) in [5.41, 5.74) is -0.354. The van der Waals surface area contributed by atoms with Gasteiger partial charge in [-0.3, -0.25) is 4.79 Å². The van der Waals surface area contributed by atoms with E-state index in [4.69, 9.17) is 16.1 Å². The van der Waals surface area contributed by atoms with Gasteiger partial charge in [-0.05, 0) is 18.9 Å². The molecule has 9 heteroatoms. The Kier molecular flexibility index (Phi) is 5.44. The number of aromatic nitrogens is 2. The number of nitrogens with zero attached hydrogens (tertiary/aromatic N) is 3. The summed E-state index contributed by atoms with van der Waals surface area (Å²) < 4.78 is 43.8. The van der Waals surface area contributed by atoms with Crippen molar-refractivity contribution in [1.82, 2.24) is 10.1 Å². The Morgan fingerprint density at radius 3 is 2.61 bits per heavy atom. The lowest BCUT2D eigenvalue weighted by molar-refractivity contribution is -0.137. The van der Waals surface area contributed by atoms with Gasteiger partial charge in [-0.1, -0.05) is 37.5 Å². The van der Waals surface area contributed by atoms with Crippen molar-refractivity contribution >= 4 is 23.2 Å². The van der Waals surface area contributed by atoms with E-state index in [2.05, 4.69) is 10.1 Å². The van der Waals surface area contributed by atoms with Crippen LogP contribution in [0.3, 0.4) is 0 Å². The molecule has 3 rings (SSSR count). The van der Waals surface area contributed by atoms with Gasteiger partial charge in [-0.25, -0.2) is 4.98 Å². The van der Waals surface area contributed by atoms with Crippen LogP contribution in [0.15, 0.2) is 22.9 Å². The van der Waals surface area contributed by atoms with E-state index in [1.54, 1.807) is 11.0 Å². The highest BCUT2D eigenvalue weighted by atomic mass is 35.5. The fraction of sp³-hybridized carbons (Fsp3) is 0.526. The lowest BCUT2D eigenvalue weighted by Crippen LogP contribution is -2.37. The van der Waals surface area contributed by atoms with Crippen LogP contribution in [0.1, 0.15) is 50.6 Å². The van der Waals surface area contributed by atoms with Crippen molar-refractivity contribution in [2.24, 2.45) is 0 Å². The number of carbonyl (C=O) groups excluding carboxylic acids is 1. The van der Waals surface area contributed by atoms with E-state index in [1.165, 1.54) is 0 Å². The maximum Gasteiger partial charge on any atom is 0.417 e. The quantitative estimate of drug-likeness (QED) is 0.716. The van der Waals surface area contributed by atoms with Crippen molar-refractivity contribution in [3.05, 3.63) is 40.4 Å². The third kappa shape index (κ3) is 4.32. The van der Waals surface area contributed by atoms with Gasteiger partial charge < -0.3 is 9.42 Å². The molecule has 2 aromatic heterocycles. The topological polar surface area (TPSA) is 59.2 Å². The summed E-state index contributed by atoms with van der Waals surface area (Å²) in [6, 6.07) is 2.10. The van der Waals surface area contributed by atoms with E-state index in [0.29, 0.717) is 18.7 Å². The van der Waals surface area contributed by atoms with Crippen molar-refractivity contribution in [2.45, 2.75) is 57.7 Å². The first kappa shape index (κ1) is 20.6. The molecule has 2 aromatic rings. The summed E-state index contributed by atoms with van der Waals surface area (Å²) in [4.78, 5) is 18.4. The van der Waals surface area contributed by atoms with Crippen LogP contribution in [-0.4, -0.2) is 28.5 Å². The second kappa shape index (κ2) is 7.39. The summed E-state index contributed by atoms with van der Waals surface area (Å²) >= 11 is 6.06. The largest absolute Gasteiger partial charge is 0.417 e. The van der Waals surface area contributed by atoms with Crippen LogP contribution in [0, 0.1) is 0 Å². The van der Waals surface area contributed by atoms with E-state index in [-0.39, 0.29) is 28.5 Å². The maximum atomic E-state index is 12.8. The van der Waals surface area contributed by atoms with Crippen LogP contribution >= 0.6 is 11.6 Å². The molecule has 152 valence electrons. The summed E-state index contributed by atoms with van der Waals surface area (Å²) in [5.74, 6) is 0.554. The number of carbonyl (C=O) groups is 1. The van der Waals surface area contributed by atoms with Crippen molar-refractivity contribution < 1.29 is 22.5 Å². The van der Waals surface area contributed by atoms with Gasteiger partial charge in [-0.15, -0.1) is 0 Å². The van der Waals surface area contributed by atoms with Gasteiger partial charge in [0.05, 0.1) is 28.7 Å². The van der Waals surface area contributed by atoms with Gasteiger partial charge in [-0.2, -0.15) is 13.2 Å². The highest BCUT2D eigenvalue weighted by molar-refractivity contribution is 6.33. The fourth-order valence-corrected chi connectivity index (χ4v) is 3.47. The third-order valence-electron chi connectivity index (χ3n) is 4.72. The summed E-state index contributed by atoms with van der Waals surface area (Å²) in [7, 11) is 0. The highest BCUT2D eigenvalue weighted by Gasteiger charge is 2.36. The minimum Gasteiger partial charge on any atom is -0.361 e. The Morgan fingerprint density at radius 1 is 1.32 bits per heavy atom. The minimum atomic E-state index is -4.52. The number of hydrogen-bond acceptors (Lipinski definition) is 5. The molecule has 5 nitrogen and oxygen atoms in total. The lowest BCUT2D eigenvalue weighted by Gasteiger charge is -2.25. The monoisotopic (exact) mass is 415 g/mol. The maximum absolute atomic E-state index is 12.8. The van der Waals surface area contributed by atoms with Gasteiger partial charge in [0.1, 0.15) is 11.6 Å². The average Bonchev–Trinajstić information content (AvgIpc) is 3.22. The lowest BCUT2D eigenvalue weighted by atomic mass is 9.92. The fourth-order valence-electron chi connectivity index (χ4n) is 3.19. The van der Waals surface area contributed by atoms with E-state index in [9.17, 15) is 18.0 Å². The number of pyridine rings is 1. The molecule has 1 atom stereocenters. The number of Topliss-reactive ketones (excluding diaryl/α,β-unsaturated/α-hetero) is 1. The van der Waals surface area contributed by atoms with Crippen LogP contribution in [0.5, 0.6) is 0 Å². The number of alkyl halides is 3. The van der Waals surface area contributed by atoms with E-state index < -0.39 is 17.8 Å². The molecule has 0 spiro atoms. The van der Waals surface area contributed by atoms with Gasteiger partial charge in [0.25, 0.3) is 0 Å². The smallest absolute Gasteiger partial charge is 0.361 e. The second-order valence-electron chi connectivity index (χ2n) is 7.95. The Balaban J connectivity index is 1.77. The van der Waals surface area contributed by atoms with Crippen LogP contribution in [0.4, 0.5) is 19.0 Å². The van der Waals surface area contributed by atoms with E-state index in [0.717, 1.165) is 24.4 Å². The molecule has 1 fully saturated rings.